The molecule has 4 N–H and O–H groups in total. The molecule has 13 fully saturated rings. The predicted molar refractivity (Wildman–Crippen MR) is 417 cm³/mol. The van der Waals surface area contributed by atoms with Gasteiger partial charge >= 0.3 is 42.3 Å². The van der Waals surface area contributed by atoms with Crippen LogP contribution in [0.1, 0.15) is 159 Å². The second-order valence-electron chi connectivity index (χ2n) is 32.3. The number of hydrogen-bond donors (Lipinski definition) is 4. The Hall–Kier alpha value is -5.49. The minimum atomic E-state index is -0.816. The Morgan fingerprint density at radius 1 is 0.426 bits per heavy atom. The van der Waals surface area contributed by atoms with Crippen LogP contribution in [0.25, 0.3) is 0 Å². The van der Waals surface area contributed by atoms with Gasteiger partial charge in [-0.25, -0.2) is 19.2 Å². The molecule has 0 aromatic carbocycles. The van der Waals surface area contributed by atoms with Gasteiger partial charge in [0.2, 0.25) is 11.8 Å². The Bertz CT molecular complexity index is 2790. The molecule has 11 atom stereocenters. The van der Waals surface area contributed by atoms with Crippen molar-refractivity contribution in [2.45, 2.75) is 248 Å². The lowest BCUT2D eigenvalue weighted by atomic mass is 10.1. The normalized spacial score (nSPS) is 27.0. The van der Waals surface area contributed by atoms with Crippen LogP contribution in [0.15, 0.2) is 0 Å². The molecule has 0 aromatic heterocycles. The highest BCUT2D eigenvalue weighted by Crippen LogP contribution is 2.37. The highest BCUT2D eigenvalue weighted by atomic mass is 79.9. The molecule has 13 aliphatic heterocycles. The molecule has 13 saturated heterocycles. The third kappa shape index (κ3) is 30.5. The lowest BCUT2D eigenvalue weighted by molar-refractivity contribution is -0.142. The number of fused-ring (bicyclic) bond motifs is 10. The number of nitrogens with zero attached hydrogens (tertiary/aromatic N) is 10. The van der Waals surface area contributed by atoms with E-state index < -0.39 is 22.8 Å². The maximum absolute atomic E-state index is 12.4. The first-order chi connectivity index (χ1) is 48.4. The minimum absolute atomic E-state index is 0. The number of rotatable bonds is 9. The number of piperazine rings is 5. The van der Waals surface area contributed by atoms with Crippen molar-refractivity contribution in [2.75, 3.05) is 184 Å². The number of ether oxygens (including phenoxy) is 9. The Morgan fingerprint density at radius 3 is 1.09 bits per heavy atom. The highest BCUT2D eigenvalue weighted by Gasteiger charge is 2.52. The summed E-state index contributed by atoms with van der Waals surface area (Å²) in [6, 6.07) is 3.20. The summed E-state index contributed by atoms with van der Waals surface area (Å²) in [6.45, 7) is 42.4. The number of likely N-dealkylation sites (tertiary alicyclic amines) is 8. The van der Waals surface area contributed by atoms with Gasteiger partial charge < -0.3 is 93.1 Å². The predicted octanol–water partition coefficient (Wildman–Crippen LogP) is 5.74. The van der Waals surface area contributed by atoms with E-state index in [0.29, 0.717) is 103 Å². The molecule has 1 unspecified atom stereocenters. The summed E-state index contributed by atoms with van der Waals surface area (Å²) in [5.41, 5.74) is -1.81. The number of hydrogen-bond acceptors (Lipinski definition) is 25. The largest absolute Gasteiger partial charge is 0.480 e. The second-order valence-corrected chi connectivity index (χ2v) is 32.9. The van der Waals surface area contributed by atoms with Crippen LogP contribution >= 0.6 is 15.9 Å². The highest BCUT2D eigenvalue weighted by molar-refractivity contribution is 9.09. The van der Waals surface area contributed by atoms with E-state index in [0.717, 1.165) is 104 Å². The summed E-state index contributed by atoms with van der Waals surface area (Å²) in [4.78, 5) is 124. The zero-order valence-corrected chi connectivity index (χ0v) is 65.5. The fourth-order valence-electron chi connectivity index (χ4n) is 14.9. The van der Waals surface area contributed by atoms with Crippen LogP contribution in [0, 0.1) is 0 Å². The van der Waals surface area contributed by atoms with Gasteiger partial charge in [0.1, 0.15) is 27.7 Å². The Kier molecular flexibility index (Phi) is 40.8. The van der Waals surface area contributed by atoms with E-state index >= 15 is 0 Å². The van der Waals surface area contributed by atoms with Gasteiger partial charge in [-0.2, -0.15) is 0 Å². The molecule has 33 heteroatoms. The molecule has 108 heavy (non-hydrogen) atoms. The van der Waals surface area contributed by atoms with Gasteiger partial charge in [-0.05, 0) is 122 Å². The first kappa shape index (κ1) is 98.6. The Morgan fingerprint density at radius 2 is 0.796 bits per heavy atom. The lowest BCUT2D eigenvalue weighted by Crippen LogP contribution is -2.55. The number of aliphatic carboxylic acids is 1. The number of morpholine rings is 3. The molecule has 13 rings (SSSR count). The number of nitrogens with one attached hydrogen (secondary N) is 3. The first-order valence-electron chi connectivity index (χ1n) is 36.8. The quantitative estimate of drug-likeness (QED) is 0.121. The van der Waals surface area contributed by atoms with Crippen molar-refractivity contribution in [1.82, 2.24) is 64.9 Å². The average molecular weight is 1610 g/mol. The number of halogens is 1. The number of carbonyl (C=O) groups is 9. The van der Waals surface area contributed by atoms with Crippen LogP contribution < -0.4 is 16.0 Å². The zero-order valence-electron chi connectivity index (χ0n) is 63.9. The summed E-state index contributed by atoms with van der Waals surface area (Å²) >= 11 is 2.90. The molecule has 0 aromatic rings. The van der Waals surface area contributed by atoms with Crippen LogP contribution in [-0.2, 0) is 66.6 Å². The average Bonchev–Trinajstić information content (AvgIpc) is 1.65. The maximum atomic E-state index is 12.4. The van der Waals surface area contributed by atoms with Crippen LogP contribution in [-0.4, -0.2) is 381 Å². The number of methoxy groups -OCH3 is 2. The fourth-order valence-corrected chi connectivity index (χ4v) is 15.2. The topological polar surface area (TPSA) is 325 Å². The number of alkyl halides is 1. The van der Waals surface area contributed by atoms with Crippen molar-refractivity contribution >= 4 is 70.0 Å². The van der Waals surface area contributed by atoms with Crippen molar-refractivity contribution in [2.24, 2.45) is 0 Å². The van der Waals surface area contributed by atoms with Crippen LogP contribution in [0.4, 0.5) is 19.2 Å². The lowest BCUT2D eigenvalue weighted by Gasteiger charge is -2.38. The molecule has 13 aliphatic rings. The Labute approximate surface area is 654 Å². The summed E-state index contributed by atoms with van der Waals surface area (Å²) in [7, 11) is 2.74. The number of carboxylic acid groups (broad SMARTS) is 1. The van der Waals surface area contributed by atoms with Crippen molar-refractivity contribution < 1.29 is 90.9 Å². The van der Waals surface area contributed by atoms with E-state index in [1.807, 2.05) is 115 Å². The number of amides is 6. The molecule has 0 radical (unpaired) electrons. The number of carboxylic acids is 1. The van der Waals surface area contributed by atoms with E-state index in [1.54, 1.807) is 9.80 Å². The van der Waals surface area contributed by atoms with Gasteiger partial charge in [0, 0.05) is 159 Å². The third-order valence-corrected chi connectivity index (χ3v) is 20.2. The number of carbonyl (C=O) groups excluding carboxylic acids is 8. The fraction of sp³-hybridized carbons (Fsp3) is 0.880. The zero-order chi connectivity index (χ0) is 75.7. The summed E-state index contributed by atoms with van der Waals surface area (Å²) < 4.78 is 46.0. The van der Waals surface area contributed by atoms with Gasteiger partial charge in [0.25, 0.3) is 0 Å². The molecular weight excluding hydrogens is 1470 g/mol. The standard InChI is InChI=1S/C16H27N3O4.2C13H22N2O4.C11H19N3O2.C10H18N2O2.C4H9NO.C3H5BrO2.5CH4/c1-16(2,3)23-15(21)19-10-12-8-13(19)9-18(12)11-14(20)17-4-6-22-7-5-17;1-13(2,3)19-12(17)15-7-9-5-10(15)6-14(9)8-11(16)18-4;1-8-10-5-9(14(8)7-11(16)17)6-15(10)12(18)19-13(2,3)4;15-11(13-1-3-16-4-2-13)8-14-7-9-5-10(14)6-12-9;1-10(2,3)14-9(13)12-6-7-4-8(12)5-11-7;1-3-6-4-2-5-1;1-6-3(5)2-4;;;;;/h12-13H,4-11H2,1-3H3;9-10H,5-8H2,1-4H3;8-10H,5-7H2,1-4H3,(H,16,17);9-10,12H,1-8H2;7-8,11H,4-6H2,1-3H3;5H,1-4H2;2H2,1H3;5*1H4/t12-,13-;9-,10-;8?,9-,10-;9-,10-;7-,8-;;;;;;;/m00000......./s1. The molecule has 628 valence electrons. The Balaban J connectivity index is 0.000000438. The van der Waals surface area contributed by atoms with E-state index in [9.17, 15) is 43.2 Å². The molecule has 0 spiro atoms. The third-order valence-electron chi connectivity index (χ3n) is 19.8. The van der Waals surface area contributed by atoms with Crippen molar-refractivity contribution in [3.05, 3.63) is 0 Å². The van der Waals surface area contributed by atoms with Crippen molar-refractivity contribution in [3.8, 4) is 0 Å². The molecule has 13 heterocycles. The number of esters is 2. The summed E-state index contributed by atoms with van der Waals surface area (Å²) in [5.74, 6) is -0.838. The monoisotopic (exact) mass is 1610 g/mol. The van der Waals surface area contributed by atoms with E-state index in [-0.39, 0.29) is 145 Å². The van der Waals surface area contributed by atoms with Gasteiger partial charge in [-0.3, -0.25) is 43.6 Å². The van der Waals surface area contributed by atoms with Crippen LogP contribution in [0.3, 0.4) is 0 Å². The smallest absolute Gasteiger partial charge is 0.410 e. The van der Waals surface area contributed by atoms with Crippen molar-refractivity contribution in [3.63, 3.8) is 0 Å². The summed E-state index contributed by atoms with van der Waals surface area (Å²) in [5, 5.41) is 19.1. The molecular formula is C75H142BrN13O19. The molecule has 0 aliphatic carbocycles. The summed E-state index contributed by atoms with van der Waals surface area (Å²) in [6.07, 6.45) is 4.06. The van der Waals surface area contributed by atoms with E-state index in [4.69, 9.17) is 38.3 Å². The van der Waals surface area contributed by atoms with E-state index in [2.05, 4.69) is 56.1 Å². The molecule has 0 saturated carbocycles. The van der Waals surface area contributed by atoms with Crippen molar-refractivity contribution in [1.29, 1.82) is 0 Å². The van der Waals surface area contributed by atoms with E-state index in [1.165, 1.54) is 20.6 Å². The molecule has 6 amide bonds. The second kappa shape index (κ2) is 44.7. The van der Waals surface area contributed by atoms with Gasteiger partial charge in [0.15, 0.2) is 0 Å². The van der Waals surface area contributed by atoms with Crippen LogP contribution in [0.5, 0.6) is 0 Å². The molecule has 10 bridgehead atoms. The molecule has 32 nitrogen and oxygen atoms in total. The minimum Gasteiger partial charge on any atom is -0.480 e. The van der Waals surface area contributed by atoms with Gasteiger partial charge in [-0.1, -0.05) is 53.1 Å². The first-order valence-corrected chi connectivity index (χ1v) is 37.9. The maximum Gasteiger partial charge on any atom is 0.410 e. The van der Waals surface area contributed by atoms with Gasteiger partial charge in [0.05, 0.1) is 86.1 Å². The van der Waals surface area contributed by atoms with Gasteiger partial charge in [-0.15, -0.1) is 0 Å². The SMILES string of the molecule is C.C.C.C.C.C1COCCN1.CC(C)(C)OC(=O)N1C[C@@H]2C[C@H]1CN2.CC(C)(C)OC(=O)N1C[C@@H]2C[C@H]1CN2CC(=O)N1CCOCC1.CC1[C@@H]2C[C@@H](CN2C(=O)OC(C)(C)C)N1CC(=O)O.COC(=O)CBr.COC(=O)CN1C[C@@H]2C[C@H]1CN2C(=O)OC(C)(C)C.O=C(CN1C[C@@H]2C[C@H]1CN2)N1CCOCC1. The van der Waals surface area contributed by atoms with Crippen LogP contribution in [0.2, 0.25) is 0 Å².